The van der Waals surface area contributed by atoms with Crippen LogP contribution in [0.25, 0.3) is 11.1 Å². The summed E-state index contributed by atoms with van der Waals surface area (Å²) in [6.07, 6.45) is 0.114. The molecular formula is C24H21ClN2O4S. The van der Waals surface area contributed by atoms with Gasteiger partial charge in [0.15, 0.2) is 0 Å². The Balaban J connectivity index is 1.55. The smallest absolute Gasteiger partial charge is 0.341 e. The molecule has 0 spiro atoms. The van der Waals surface area contributed by atoms with E-state index in [-0.39, 0.29) is 30.3 Å². The van der Waals surface area contributed by atoms with Crippen LogP contribution in [0.2, 0.25) is 5.02 Å². The molecule has 1 saturated heterocycles. The third-order valence-electron chi connectivity index (χ3n) is 5.41. The Kier molecular flexibility index (Phi) is 6.30. The van der Waals surface area contributed by atoms with Crippen molar-refractivity contribution in [2.75, 3.05) is 23.9 Å². The van der Waals surface area contributed by atoms with Gasteiger partial charge in [0.25, 0.3) is 0 Å². The normalized spacial score (nSPS) is 15.7. The second-order valence-electron chi connectivity index (χ2n) is 7.58. The lowest BCUT2D eigenvalue weighted by Gasteiger charge is -2.17. The number of carbonyl (C=O) groups excluding carboxylic acids is 3. The van der Waals surface area contributed by atoms with E-state index in [4.69, 9.17) is 16.3 Å². The van der Waals surface area contributed by atoms with Crippen molar-refractivity contribution in [3.8, 4) is 11.1 Å². The first-order valence-electron chi connectivity index (χ1n) is 10.0. The number of aryl methyl sites for hydroxylation is 1. The minimum absolute atomic E-state index is 0.102. The van der Waals surface area contributed by atoms with Crippen molar-refractivity contribution in [3.63, 3.8) is 0 Å². The third kappa shape index (κ3) is 4.40. The molecule has 0 bridgehead atoms. The van der Waals surface area contributed by atoms with Gasteiger partial charge in [-0.3, -0.25) is 9.59 Å². The first kappa shape index (κ1) is 22.0. The molecule has 0 saturated carbocycles. The summed E-state index contributed by atoms with van der Waals surface area (Å²) in [5, 5.41) is 5.62. The molecular weight excluding hydrogens is 448 g/mol. The molecule has 6 nitrogen and oxygen atoms in total. The van der Waals surface area contributed by atoms with Crippen LogP contribution in [0.1, 0.15) is 22.3 Å². The van der Waals surface area contributed by atoms with Gasteiger partial charge in [-0.05, 0) is 36.8 Å². The lowest BCUT2D eigenvalue weighted by Crippen LogP contribution is -2.28. The average Bonchev–Trinajstić information content (AvgIpc) is 3.38. The third-order valence-corrected chi connectivity index (χ3v) is 6.56. The van der Waals surface area contributed by atoms with Crippen molar-refractivity contribution in [3.05, 3.63) is 70.1 Å². The summed E-state index contributed by atoms with van der Waals surface area (Å²) in [5.41, 5.74) is 3.59. The first-order chi connectivity index (χ1) is 15.4. The van der Waals surface area contributed by atoms with Crippen LogP contribution < -0.4 is 10.2 Å². The Hall–Kier alpha value is -3.16. The van der Waals surface area contributed by atoms with Crippen molar-refractivity contribution in [2.45, 2.75) is 13.3 Å². The fourth-order valence-corrected chi connectivity index (χ4v) is 4.75. The van der Waals surface area contributed by atoms with Crippen LogP contribution in [0.15, 0.2) is 53.9 Å². The molecule has 164 valence electrons. The summed E-state index contributed by atoms with van der Waals surface area (Å²) in [6.45, 7) is 2.26. The van der Waals surface area contributed by atoms with Gasteiger partial charge in [0, 0.05) is 34.6 Å². The zero-order valence-corrected chi connectivity index (χ0v) is 19.1. The van der Waals surface area contributed by atoms with Gasteiger partial charge in [-0.2, -0.15) is 0 Å². The predicted molar refractivity (Wildman–Crippen MR) is 126 cm³/mol. The molecule has 32 heavy (non-hydrogen) atoms. The van der Waals surface area contributed by atoms with Crippen LogP contribution in [0.4, 0.5) is 10.7 Å². The molecule has 1 aliphatic rings. The van der Waals surface area contributed by atoms with E-state index < -0.39 is 11.9 Å². The second-order valence-corrected chi connectivity index (χ2v) is 8.90. The minimum Gasteiger partial charge on any atom is -0.465 e. The molecule has 3 aromatic rings. The molecule has 0 aliphatic carbocycles. The zero-order valence-electron chi connectivity index (χ0n) is 17.6. The summed E-state index contributed by atoms with van der Waals surface area (Å²) in [4.78, 5) is 39.7. The monoisotopic (exact) mass is 468 g/mol. The van der Waals surface area contributed by atoms with E-state index in [1.807, 2.05) is 31.2 Å². The summed E-state index contributed by atoms with van der Waals surface area (Å²) in [6, 6.07) is 14.7. The molecule has 1 aliphatic heterocycles. The summed E-state index contributed by atoms with van der Waals surface area (Å²) < 4.78 is 4.96. The number of anilines is 2. The highest BCUT2D eigenvalue weighted by atomic mass is 35.5. The quantitative estimate of drug-likeness (QED) is 0.525. The number of methoxy groups -OCH3 is 1. The molecule has 0 radical (unpaired) electrons. The molecule has 2 amide bonds. The van der Waals surface area contributed by atoms with Gasteiger partial charge in [0.1, 0.15) is 10.6 Å². The molecule has 2 aromatic carbocycles. The topological polar surface area (TPSA) is 75.7 Å². The lowest BCUT2D eigenvalue weighted by atomic mass is 10.0. The number of benzene rings is 2. The number of ether oxygens (including phenoxy) is 1. The van der Waals surface area contributed by atoms with Gasteiger partial charge in [0.2, 0.25) is 11.8 Å². The van der Waals surface area contributed by atoms with E-state index in [0.717, 1.165) is 16.8 Å². The molecule has 2 heterocycles. The highest BCUT2D eigenvalue weighted by molar-refractivity contribution is 7.15. The van der Waals surface area contributed by atoms with Crippen LogP contribution in [0.3, 0.4) is 0 Å². The second kappa shape index (κ2) is 9.14. The number of thiophene rings is 1. The number of nitrogens with zero attached hydrogens (tertiary/aromatic N) is 1. The van der Waals surface area contributed by atoms with Crippen molar-refractivity contribution >= 4 is 51.4 Å². The molecule has 1 aromatic heterocycles. The van der Waals surface area contributed by atoms with E-state index in [1.54, 1.807) is 34.5 Å². The van der Waals surface area contributed by atoms with Crippen LogP contribution >= 0.6 is 22.9 Å². The van der Waals surface area contributed by atoms with Crippen molar-refractivity contribution < 1.29 is 19.1 Å². The van der Waals surface area contributed by atoms with Gasteiger partial charge in [-0.15, -0.1) is 11.3 Å². The van der Waals surface area contributed by atoms with E-state index in [1.165, 1.54) is 18.4 Å². The van der Waals surface area contributed by atoms with Crippen LogP contribution in [0, 0.1) is 12.8 Å². The average molecular weight is 469 g/mol. The van der Waals surface area contributed by atoms with Crippen molar-refractivity contribution in [1.82, 2.24) is 0 Å². The maximum absolute atomic E-state index is 13.0. The van der Waals surface area contributed by atoms with Crippen molar-refractivity contribution in [2.24, 2.45) is 5.92 Å². The Morgan fingerprint density at radius 1 is 1.12 bits per heavy atom. The van der Waals surface area contributed by atoms with Crippen molar-refractivity contribution in [1.29, 1.82) is 0 Å². The number of carbonyl (C=O) groups is 3. The summed E-state index contributed by atoms with van der Waals surface area (Å²) in [7, 11) is 1.30. The molecule has 1 atom stereocenters. The zero-order chi connectivity index (χ0) is 22.8. The van der Waals surface area contributed by atoms with E-state index in [0.29, 0.717) is 15.6 Å². The van der Waals surface area contributed by atoms with E-state index in [2.05, 4.69) is 5.32 Å². The maximum Gasteiger partial charge on any atom is 0.341 e. The number of nitrogens with one attached hydrogen (secondary N) is 1. The number of esters is 1. The van der Waals surface area contributed by atoms with Gasteiger partial charge < -0.3 is 15.0 Å². The molecule has 1 fully saturated rings. The number of rotatable bonds is 5. The Bertz CT molecular complexity index is 1170. The maximum atomic E-state index is 13.0. The molecule has 4 rings (SSSR count). The summed E-state index contributed by atoms with van der Waals surface area (Å²) >= 11 is 7.21. The predicted octanol–water partition coefficient (Wildman–Crippen LogP) is 5.16. The SMILES string of the molecule is COC(=O)c1c(-c2ccc(Cl)cc2)csc1NC(=O)C1CC(=O)N(c2ccc(C)cc2)C1. The molecule has 1 unspecified atom stereocenters. The fraction of sp³-hybridized carbons (Fsp3) is 0.208. The molecule has 1 N–H and O–H groups in total. The van der Waals surface area contributed by atoms with Gasteiger partial charge in [-0.1, -0.05) is 41.4 Å². The minimum atomic E-state index is -0.546. The Labute approximate surface area is 194 Å². The number of hydrogen-bond acceptors (Lipinski definition) is 5. The largest absolute Gasteiger partial charge is 0.465 e. The fourth-order valence-electron chi connectivity index (χ4n) is 3.67. The van der Waals surface area contributed by atoms with Crippen LogP contribution in [-0.4, -0.2) is 31.4 Å². The van der Waals surface area contributed by atoms with Crippen LogP contribution in [0.5, 0.6) is 0 Å². The van der Waals surface area contributed by atoms with E-state index in [9.17, 15) is 14.4 Å². The number of hydrogen-bond donors (Lipinski definition) is 1. The molecule has 8 heteroatoms. The lowest BCUT2D eigenvalue weighted by molar-refractivity contribution is -0.122. The first-order valence-corrected chi connectivity index (χ1v) is 11.3. The van der Waals surface area contributed by atoms with Crippen LogP contribution in [-0.2, 0) is 14.3 Å². The van der Waals surface area contributed by atoms with Gasteiger partial charge >= 0.3 is 5.97 Å². The van der Waals surface area contributed by atoms with E-state index >= 15 is 0 Å². The highest BCUT2D eigenvalue weighted by Gasteiger charge is 2.36. The van der Waals surface area contributed by atoms with Gasteiger partial charge in [0.05, 0.1) is 13.0 Å². The standard InChI is InChI=1S/C24H21ClN2O4S/c1-14-3-9-18(10-4-14)27-12-16(11-20(27)28)22(29)26-23-21(24(30)31-2)19(13-32-23)15-5-7-17(25)8-6-15/h3-10,13,16H,11-12H2,1-2H3,(H,26,29). The van der Waals surface area contributed by atoms with Gasteiger partial charge in [-0.25, -0.2) is 4.79 Å². The summed E-state index contributed by atoms with van der Waals surface area (Å²) in [5.74, 6) is -1.47. The Morgan fingerprint density at radius 3 is 2.47 bits per heavy atom. The number of halogens is 1. The number of amides is 2. The highest BCUT2D eigenvalue weighted by Crippen LogP contribution is 2.37. The Morgan fingerprint density at radius 2 is 1.81 bits per heavy atom.